The molecule has 0 aliphatic heterocycles. The van der Waals surface area contributed by atoms with Crippen LogP contribution in [-0.2, 0) is 0 Å². The summed E-state index contributed by atoms with van der Waals surface area (Å²) in [6.45, 7) is 1.92. The minimum Gasteiger partial charge on any atom is -0.478 e. The fourth-order valence-electron chi connectivity index (χ4n) is 2.66. The molecular weight excluding hydrogens is 308 g/mol. The summed E-state index contributed by atoms with van der Waals surface area (Å²) in [4.78, 5) is 34.9. The lowest BCUT2D eigenvalue weighted by atomic mass is 9.94. The molecule has 0 aromatic carbocycles. The Kier molecular flexibility index (Phi) is 3.99. The summed E-state index contributed by atoms with van der Waals surface area (Å²) in [7, 11) is 1.48. The maximum Gasteiger partial charge on any atom is 0.335 e. The Bertz CT molecular complexity index is 932. The summed E-state index contributed by atoms with van der Waals surface area (Å²) in [5.41, 5.74) is 2.34. The Morgan fingerprint density at radius 2 is 2.08 bits per heavy atom. The molecule has 0 aliphatic carbocycles. The molecule has 3 aromatic heterocycles. The molecule has 0 bridgehead atoms. The van der Waals surface area contributed by atoms with Crippen molar-refractivity contribution in [3.05, 3.63) is 59.2 Å². The Morgan fingerprint density at radius 3 is 2.79 bits per heavy atom. The maximum atomic E-state index is 11.9. The molecule has 3 aromatic rings. The summed E-state index contributed by atoms with van der Waals surface area (Å²) < 4.78 is 0. The topological polar surface area (TPSA) is 108 Å². The fourth-order valence-corrected chi connectivity index (χ4v) is 2.66. The molecule has 0 saturated carbocycles. The fraction of sp³-hybridized carbons (Fsp3) is 0.176. The van der Waals surface area contributed by atoms with Gasteiger partial charge in [0.05, 0.1) is 5.56 Å². The third-order valence-electron chi connectivity index (χ3n) is 3.96. The van der Waals surface area contributed by atoms with E-state index in [1.54, 1.807) is 12.4 Å². The molecule has 0 fully saturated rings. The average Bonchev–Trinajstić information content (AvgIpc) is 3.08. The minimum atomic E-state index is -1.10. The lowest BCUT2D eigenvalue weighted by Crippen LogP contribution is -2.21. The highest BCUT2D eigenvalue weighted by molar-refractivity contribution is 5.96. The Morgan fingerprint density at radius 1 is 1.29 bits per heavy atom. The van der Waals surface area contributed by atoms with E-state index in [1.165, 1.54) is 19.2 Å². The first-order chi connectivity index (χ1) is 11.5. The molecule has 1 atom stereocenters. The van der Waals surface area contributed by atoms with Gasteiger partial charge in [0.15, 0.2) is 0 Å². The van der Waals surface area contributed by atoms with Gasteiger partial charge >= 0.3 is 5.97 Å². The number of carbonyl (C=O) groups excluding carboxylic acids is 1. The van der Waals surface area contributed by atoms with Crippen LogP contribution in [0.25, 0.3) is 11.0 Å². The van der Waals surface area contributed by atoms with Crippen molar-refractivity contribution in [3.63, 3.8) is 0 Å². The number of hydrogen-bond acceptors (Lipinski definition) is 4. The number of hydrogen-bond donors (Lipinski definition) is 3. The third-order valence-corrected chi connectivity index (χ3v) is 3.96. The summed E-state index contributed by atoms with van der Waals surface area (Å²) in [5.74, 6) is -1.72. The largest absolute Gasteiger partial charge is 0.478 e. The summed E-state index contributed by atoms with van der Waals surface area (Å²) in [6.07, 6.45) is 3.48. The van der Waals surface area contributed by atoms with Gasteiger partial charge in [-0.1, -0.05) is 6.92 Å². The second-order valence-corrected chi connectivity index (χ2v) is 5.41. The number of aromatic amines is 1. The first kappa shape index (κ1) is 15.7. The normalized spacial score (nSPS) is 12.1. The van der Waals surface area contributed by atoms with E-state index in [0.29, 0.717) is 5.69 Å². The van der Waals surface area contributed by atoms with Crippen LogP contribution < -0.4 is 5.32 Å². The van der Waals surface area contributed by atoms with Crippen LogP contribution in [0.1, 0.15) is 44.9 Å². The van der Waals surface area contributed by atoms with Crippen molar-refractivity contribution in [1.82, 2.24) is 20.3 Å². The number of aromatic carboxylic acids is 1. The van der Waals surface area contributed by atoms with Crippen LogP contribution in [0.2, 0.25) is 0 Å². The van der Waals surface area contributed by atoms with Crippen LogP contribution in [-0.4, -0.2) is 39.0 Å². The highest BCUT2D eigenvalue weighted by Crippen LogP contribution is 2.29. The molecule has 3 rings (SSSR count). The number of carboxylic acid groups (broad SMARTS) is 1. The van der Waals surface area contributed by atoms with E-state index in [4.69, 9.17) is 0 Å². The van der Waals surface area contributed by atoms with Crippen LogP contribution in [0.15, 0.2) is 36.7 Å². The zero-order chi connectivity index (χ0) is 17.3. The second kappa shape index (κ2) is 6.11. The van der Waals surface area contributed by atoms with Crippen molar-refractivity contribution in [2.24, 2.45) is 0 Å². The first-order valence-electron chi connectivity index (χ1n) is 7.40. The van der Waals surface area contributed by atoms with E-state index in [9.17, 15) is 14.7 Å². The molecule has 24 heavy (non-hydrogen) atoms. The number of nitrogens with one attached hydrogen (secondary N) is 2. The highest BCUT2D eigenvalue weighted by atomic mass is 16.4. The third kappa shape index (κ3) is 2.71. The predicted octanol–water partition coefficient (Wildman–Crippen LogP) is 2.17. The molecular formula is C17H16N4O3. The van der Waals surface area contributed by atoms with Gasteiger partial charge in [0, 0.05) is 36.4 Å². The quantitative estimate of drug-likeness (QED) is 0.681. The Hall–Kier alpha value is -3.22. The van der Waals surface area contributed by atoms with Crippen molar-refractivity contribution < 1.29 is 14.7 Å². The van der Waals surface area contributed by atoms with Gasteiger partial charge in [0.25, 0.3) is 5.91 Å². The van der Waals surface area contributed by atoms with Crippen LogP contribution in [0.3, 0.4) is 0 Å². The van der Waals surface area contributed by atoms with Gasteiger partial charge < -0.3 is 15.4 Å². The second-order valence-electron chi connectivity index (χ2n) is 5.41. The standard InChI is InChI=1S/C17H16N4O3/c1-9(11-3-5-19-15-12(11)4-6-20-15)13-7-10(17(23)24)8-14(21-13)16(22)18-2/h3-9H,1-2H3,(H,18,22)(H,19,20)(H,23,24). The summed E-state index contributed by atoms with van der Waals surface area (Å²) in [5, 5.41) is 12.7. The lowest BCUT2D eigenvalue weighted by Gasteiger charge is -2.14. The number of carboxylic acids is 1. The monoisotopic (exact) mass is 324 g/mol. The maximum absolute atomic E-state index is 11.9. The van der Waals surface area contributed by atoms with Crippen LogP contribution >= 0.6 is 0 Å². The average molecular weight is 324 g/mol. The lowest BCUT2D eigenvalue weighted by molar-refractivity contribution is 0.0696. The number of aromatic nitrogens is 3. The minimum absolute atomic E-state index is 0.0322. The molecule has 0 radical (unpaired) electrons. The van der Waals surface area contributed by atoms with E-state index in [-0.39, 0.29) is 17.2 Å². The number of pyridine rings is 2. The Balaban J connectivity index is 2.13. The van der Waals surface area contributed by atoms with E-state index in [1.807, 2.05) is 19.1 Å². The van der Waals surface area contributed by atoms with Crippen molar-refractivity contribution >= 4 is 22.9 Å². The van der Waals surface area contributed by atoms with Gasteiger partial charge in [-0.3, -0.25) is 4.79 Å². The van der Waals surface area contributed by atoms with E-state index >= 15 is 0 Å². The summed E-state index contributed by atoms with van der Waals surface area (Å²) in [6, 6.07) is 6.55. The zero-order valence-corrected chi connectivity index (χ0v) is 13.2. The van der Waals surface area contributed by atoms with E-state index < -0.39 is 11.9 Å². The van der Waals surface area contributed by atoms with Crippen molar-refractivity contribution in [3.8, 4) is 0 Å². The molecule has 7 nitrogen and oxygen atoms in total. The number of nitrogens with zero attached hydrogens (tertiary/aromatic N) is 2. The molecule has 122 valence electrons. The molecule has 3 heterocycles. The van der Waals surface area contributed by atoms with Gasteiger partial charge in [-0.15, -0.1) is 0 Å². The van der Waals surface area contributed by atoms with E-state index in [2.05, 4.69) is 20.3 Å². The Labute approximate surface area is 137 Å². The number of amides is 1. The highest BCUT2D eigenvalue weighted by Gasteiger charge is 2.19. The molecule has 0 saturated heterocycles. The van der Waals surface area contributed by atoms with Crippen LogP contribution in [0, 0.1) is 0 Å². The number of carbonyl (C=O) groups is 2. The molecule has 7 heteroatoms. The number of H-pyrrole nitrogens is 1. The van der Waals surface area contributed by atoms with Crippen LogP contribution in [0.4, 0.5) is 0 Å². The van der Waals surface area contributed by atoms with Crippen molar-refractivity contribution in [2.75, 3.05) is 7.05 Å². The SMILES string of the molecule is CNC(=O)c1cc(C(=O)O)cc(C(C)c2ccnc3[nH]ccc23)n1. The van der Waals surface area contributed by atoms with Crippen LogP contribution in [0.5, 0.6) is 0 Å². The molecule has 0 aliphatic rings. The number of fused-ring (bicyclic) bond motifs is 1. The van der Waals surface area contributed by atoms with Gasteiger partial charge in [0.2, 0.25) is 0 Å². The first-order valence-corrected chi connectivity index (χ1v) is 7.40. The molecule has 1 amide bonds. The number of rotatable bonds is 4. The predicted molar refractivity (Wildman–Crippen MR) is 88.2 cm³/mol. The molecule has 0 spiro atoms. The van der Waals surface area contributed by atoms with Gasteiger partial charge in [-0.25, -0.2) is 14.8 Å². The molecule has 1 unspecified atom stereocenters. The van der Waals surface area contributed by atoms with Crippen molar-refractivity contribution in [1.29, 1.82) is 0 Å². The van der Waals surface area contributed by atoms with Gasteiger partial charge in [0.1, 0.15) is 11.3 Å². The zero-order valence-electron chi connectivity index (χ0n) is 13.2. The van der Waals surface area contributed by atoms with Gasteiger partial charge in [-0.05, 0) is 29.8 Å². The van der Waals surface area contributed by atoms with Crippen molar-refractivity contribution in [2.45, 2.75) is 12.8 Å². The smallest absolute Gasteiger partial charge is 0.335 e. The molecule has 3 N–H and O–H groups in total. The van der Waals surface area contributed by atoms with E-state index in [0.717, 1.165) is 16.6 Å². The van der Waals surface area contributed by atoms with Gasteiger partial charge in [-0.2, -0.15) is 0 Å². The summed E-state index contributed by atoms with van der Waals surface area (Å²) >= 11 is 0.